The summed E-state index contributed by atoms with van der Waals surface area (Å²) in [7, 11) is 0. The molecule has 1 N–H and O–H groups in total. The molecule has 2 unspecified atom stereocenters. The molecule has 0 amide bonds. The van der Waals surface area contributed by atoms with E-state index < -0.39 is 0 Å². The zero-order chi connectivity index (χ0) is 13.0. The van der Waals surface area contributed by atoms with Crippen molar-refractivity contribution in [3.63, 3.8) is 0 Å². The number of hydrogen-bond acceptors (Lipinski definition) is 4. The van der Waals surface area contributed by atoms with Crippen molar-refractivity contribution in [3.8, 4) is 0 Å². The molecule has 2 aliphatic heterocycles. The van der Waals surface area contributed by atoms with Gasteiger partial charge in [0.25, 0.3) is 0 Å². The number of nitrogens with one attached hydrogen (secondary N) is 1. The number of thioether (sulfide) groups is 1. The van der Waals surface area contributed by atoms with E-state index in [1.54, 1.807) is 0 Å². The summed E-state index contributed by atoms with van der Waals surface area (Å²) in [6.45, 7) is 14.5. The topological polar surface area (TPSA) is 18.5 Å². The zero-order valence-corrected chi connectivity index (χ0v) is 13.0. The van der Waals surface area contributed by atoms with Crippen molar-refractivity contribution in [3.05, 3.63) is 0 Å². The molecule has 2 fully saturated rings. The zero-order valence-electron chi connectivity index (χ0n) is 12.2. The Morgan fingerprint density at radius 2 is 1.94 bits per heavy atom. The lowest BCUT2D eigenvalue weighted by atomic mass is 9.99. The van der Waals surface area contributed by atoms with Crippen LogP contribution in [0.2, 0.25) is 0 Å². The Morgan fingerprint density at radius 3 is 2.61 bits per heavy atom. The summed E-state index contributed by atoms with van der Waals surface area (Å²) in [5.74, 6) is 3.40. The summed E-state index contributed by atoms with van der Waals surface area (Å²) < 4.78 is 0. The Hall–Kier alpha value is 0.230. The van der Waals surface area contributed by atoms with Crippen LogP contribution in [0.15, 0.2) is 0 Å². The van der Waals surface area contributed by atoms with Gasteiger partial charge >= 0.3 is 0 Å². The fourth-order valence-electron chi connectivity index (χ4n) is 3.01. The van der Waals surface area contributed by atoms with Crippen LogP contribution in [-0.4, -0.2) is 72.7 Å². The lowest BCUT2D eigenvalue weighted by molar-refractivity contribution is 0.0902. The van der Waals surface area contributed by atoms with Crippen molar-refractivity contribution in [2.75, 3.05) is 50.8 Å². The normalized spacial score (nSPS) is 32.0. The van der Waals surface area contributed by atoms with Gasteiger partial charge in [0.05, 0.1) is 0 Å². The fourth-order valence-corrected chi connectivity index (χ4v) is 3.99. The molecule has 18 heavy (non-hydrogen) atoms. The molecule has 0 bridgehead atoms. The van der Waals surface area contributed by atoms with Crippen LogP contribution in [-0.2, 0) is 0 Å². The van der Waals surface area contributed by atoms with Gasteiger partial charge in [0, 0.05) is 62.9 Å². The van der Waals surface area contributed by atoms with E-state index in [1.165, 1.54) is 44.2 Å². The second-order valence-electron chi connectivity index (χ2n) is 6.07. The summed E-state index contributed by atoms with van der Waals surface area (Å²) in [5.41, 5.74) is 0. The van der Waals surface area contributed by atoms with E-state index in [2.05, 4.69) is 47.6 Å². The molecule has 2 aliphatic rings. The highest BCUT2D eigenvalue weighted by atomic mass is 32.2. The van der Waals surface area contributed by atoms with Gasteiger partial charge in [-0.3, -0.25) is 4.90 Å². The van der Waals surface area contributed by atoms with E-state index in [0.717, 1.165) is 18.5 Å². The van der Waals surface area contributed by atoms with Crippen LogP contribution in [0.4, 0.5) is 0 Å². The van der Waals surface area contributed by atoms with Crippen LogP contribution < -0.4 is 5.32 Å². The molecule has 0 spiro atoms. The van der Waals surface area contributed by atoms with Gasteiger partial charge in [0.15, 0.2) is 0 Å². The smallest absolute Gasteiger partial charge is 0.0244 e. The summed E-state index contributed by atoms with van der Waals surface area (Å²) in [6, 6.07) is 1.37. The maximum atomic E-state index is 3.62. The van der Waals surface area contributed by atoms with Gasteiger partial charge in [-0.25, -0.2) is 0 Å². The molecule has 2 saturated heterocycles. The first-order valence-corrected chi connectivity index (χ1v) is 8.60. The Kier molecular flexibility index (Phi) is 5.80. The minimum atomic E-state index is 0.650. The van der Waals surface area contributed by atoms with Gasteiger partial charge < -0.3 is 10.2 Å². The lowest BCUT2D eigenvalue weighted by Gasteiger charge is -2.42. The molecule has 0 aromatic heterocycles. The van der Waals surface area contributed by atoms with Crippen LogP contribution in [0, 0.1) is 5.92 Å². The van der Waals surface area contributed by atoms with Gasteiger partial charge in [-0.2, -0.15) is 11.8 Å². The fraction of sp³-hybridized carbons (Fsp3) is 1.00. The van der Waals surface area contributed by atoms with E-state index in [1.807, 2.05) is 0 Å². The molecule has 2 heterocycles. The van der Waals surface area contributed by atoms with Crippen LogP contribution >= 0.6 is 11.8 Å². The van der Waals surface area contributed by atoms with Crippen molar-refractivity contribution in [2.24, 2.45) is 5.92 Å². The first kappa shape index (κ1) is 14.6. The summed E-state index contributed by atoms with van der Waals surface area (Å²) in [6.07, 6.45) is 0. The average Bonchev–Trinajstić information content (AvgIpc) is 2.37. The Balaban J connectivity index is 1.80. The van der Waals surface area contributed by atoms with Crippen LogP contribution in [0.1, 0.15) is 20.8 Å². The Labute approximate surface area is 117 Å². The van der Waals surface area contributed by atoms with Crippen molar-refractivity contribution >= 4 is 11.8 Å². The lowest BCUT2D eigenvalue weighted by Crippen LogP contribution is -2.58. The molecule has 2 atom stereocenters. The largest absolute Gasteiger partial charge is 0.311 e. The molecule has 3 nitrogen and oxygen atoms in total. The molecule has 4 heteroatoms. The predicted octanol–water partition coefficient (Wildman–Crippen LogP) is 1.35. The highest BCUT2D eigenvalue weighted by Gasteiger charge is 2.28. The third-order valence-electron chi connectivity index (χ3n) is 4.23. The summed E-state index contributed by atoms with van der Waals surface area (Å²) in [5, 5.41) is 3.62. The van der Waals surface area contributed by atoms with Gasteiger partial charge in [0.2, 0.25) is 0 Å². The molecule has 106 valence electrons. The maximum Gasteiger partial charge on any atom is 0.0244 e. The average molecular weight is 271 g/mol. The second-order valence-corrected chi connectivity index (χ2v) is 7.29. The standard InChI is InChI=1S/C14H29N3S/c1-12(2)14-10-15-13(3)11-17(14)5-4-16-6-8-18-9-7-16/h12-15H,4-11H2,1-3H3. The number of rotatable bonds is 4. The molecule has 0 aromatic carbocycles. The molecular formula is C14H29N3S. The highest BCUT2D eigenvalue weighted by Crippen LogP contribution is 2.15. The van der Waals surface area contributed by atoms with Crippen LogP contribution in [0.3, 0.4) is 0 Å². The number of hydrogen-bond donors (Lipinski definition) is 1. The van der Waals surface area contributed by atoms with Crippen molar-refractivity contribution in [1.29, 1.82) is 0 Å². The Morgan fingerprint density at radius 1 is 1.22 bits per heavy atom. The minimum Gasteiger partial charge on any atom is -0.311 e. The van der Waals surface area contributed by atoms with Crippen LogP contribution in [0.25, 0.3) is 0 Å². The van der Waals surface area contributed by atoms with Gasteiger partial charge in [-0.1, -0.05) is 13.8 Å². The molecule has 0 aromatic rings. The van der Waals surface area contributed by atoms with E-state index in [9.17, 15) is 0 Å². The molecule has 2 rings (SSSR count). The first-order chi connectivity index (χ1) is 8.66. The SMILES string of the molecule is CC1CN(CCN2CCSCC2)C(C(C)C)CN1. The van der Waals surface area contributed by atoms with Gasteiger partial charge in [0.1, 0.15) is 0 Å². The second kappa shape index (κ2) is 7.13. The first-order valence-electron chi connectivity index (χ1n) is 7.44. The Bertz CT molecular complexity index is 241. The maximum absolute atomic E-state index is 3.62. The van der Waals surface area contributed by atoms with Gasteiger partial charge in [-0.15, -0.1) is 0 Å². The number of nitrogens with zero attached hydrogens (tertiary/aromatic N) is 2. The minimum absolute atomic E-state index is 0.650. The highest BCUT2D eigenvalue weighted by molar-refractivity contribution is 7.99. The van der Waals surface area contributed by atoms with E-state index in [-0.39, 0.29) is 0 Å². The molecule has 0 aliphatic carbocycles. The van der Waals surface area contributed by atoms with E-state index in [4.69, 9.17) is 0 Å². The monoisotopic (exact) mass is 271 g/mol. The summed E-state index contributed by atoms with van der Waals surface area (Å²) in [4.78, 5) is 5.36. The predicted molar refractivity (Wildman–Crippen MR) is 81.4 cm³/mol. The quantitative estimate of drug-likeness (QED) is 0.832. The van der Waals surface area contributed by atoms with Crippen LogP contribution in [0.5, 0.6) is 0 Å². The molecule has 0 radical (unpaired) electrons. The van der Waals surface area contributed by atoms with E-state index >= 15 is 0 Å². The van der Waals surface area contributed by atoms with E-state index in [0.29, 0.717) is 6.04 Å². The third kappa shape index (κ3) is 4.12. The number of piperazine rings is 1. The third-order valence-corrected chi connectivity index (χ3v) is 5.17. The van der Waals surface area contributed by atoms with Crippen molar-refractivity contribution in [2.45, 2.75) is 32.9 Å². The van der Waals surface area contributed by atoms with Crippen molar-refractivity contribution < 1.29 is 0 Å². The van der Waals surface area contributed by atoms with Gasteiger partial charge in [-0.05, 0) is 12.8 Å². The molecular weight excluding hydrogens is 242 g/mol. The molecule has 0 saturated carbocycles. The summed E-state index contributed by atoms with van der Waals surface area (Å²) >= 11 is 2.10. The van der Waals surface area contributed by atoms with Crippen molar-refractivity contribution in [1.82, 2.24) is 15.1 Å².